The molecule has 0 bridgehead atoms. The molecule has 0 aliphatic carbocycles. The van der Waals surface area contributed by atoms with E-state index in [0.717, 1.165) is 22.4 Å². The van der Waals surface area contributed by atoms with Crippen molar-refractivity contribution in [3.8, 4) is 28.7 Å². The van der Waals surface area contributed by atoms with Crippen LogP contribution in [0.3, 0.4) is 0 Å². The fraction of sp³-hybridized carbons (Fsp3) is 0.174. The zero-order valence-corrected chi connectivity index (χ0v) is 16.5. The van der Waals surface area contributed by atoms with Gasteiger partial charge in [-0.05, 0) is 41.5 Å². The molecule has 1 aromatic heterocycles. The highest BCUT2D eigenvalue weighted by Gasteiger charge is 2.24. The highest BCUT2D eigenvalue weighted by Crippen LogP contribution is 2.31. The number of carbonyl (C=O) groups excluding carboxylic acids is 1. The third-order valence-electron chi connectivity index (χ3n) is 5.00. The Hall–Kier alpha value is -4.05. The van der Waals surface area contributed by atoms with Gasteiger partial charge in [0.05, 0.1) is 24.8 Å². The van der Waals surface area contributed by atoms with Crippen LogP contribution in [0.15, 0.2) is 54.7 Å². The van der Waals surface area contributed by atoms with Crippen LogP contribution >= 0.6 is 0 Å². The Bertz CT molecular complexity index is 1150. The average Bonchev–Trinajstić information content (AvgIpc) is 2.92. The number of fused-ring (bicyclic) bond motifs is 1. The summed E-state index contributed by atoms with van der Waals surface area (Å²) in [6.07, 6.45) is 1.60. The predicted octanol–water partition coefficient (Wildman–Crippen LogP) is 3.25. The van der Waals surface area contributed by atoms with Crippen molar-refractivity contribution < 1.29 is 14.3 Å². The number of methoxy groups -OCH3 is 1. The molecule has 7 nitrogen and oxygen atoms in total. The number of pyridine rings is 1. The smallest absolute Gasteiger partial charge is 0.258 e. The predicted molar refractivity (Wildman–Crippen MR) is 112 cm³/mol. The summed E-state index contributed by atoms with van der Waals surface area (Å²) in [5.41, 5.74) is 9.04. The van der Waals surface area contributed by atoms with Crippen molar-refractivity contribution in [3.05, 3.63) is 71.4 Å². The second-order valence-electron chi connectivity index (χ2n) is 6.91. The van der Waals surface area contributed by atoms with Gasteiger partial charge in [-0.1, -0.05) is 18.2 Å². The highest BCUT2D eigenvalue weighted by atomic mass is 16.5. The van der Waals surface area contributed by atoms with Crippen LogP contribution in [0.1, 0.15) is 21.5 Å². The fourth-order valence-electron chi connectivity index (χ4n) is 3.40. The van der Waals surface area contributed by atoms with Crippen molar-refractivity contribution >= 4 is 11.7 Å². The van der Waals surface area contributed by atoms with Crippen LogP contribution in [0.4, 0.5) is 5.82 Å². The maximum Gasteiger partial charge on any atom is 0.258 e. The molecule has 150 valence electrons. The number of ether oxygens (including phenoxy) is 2. The number of carbonyl (C=O) groups is 1. The van der Waals surface area contributed by atoms with Gasteiger partial charge in [-0.15, -0.1) is 0 Å². The van der Waals surface area contributed by atoms with Crippen LogP contribution in [0.2, 0.25) is 0 Å². The first-order chi connectivity index (χ1) is 14.6. The lowest BCUT2D eigenvalue weighted by Gasteiger charge is -2.20. The minimum atomic E-state index is -0.0926. The third-order valence-corrected chi connectivity index (χ3v) is 5.00. The summed E-state index contributed by atoms with van der Waals surface area (Å²) < 4.78 is 11.1. The maximum atomic E-state index is 13.1. The maximum absolute atomic E-state index is 13.1. The Morgan fingerprint density at radius 2 is 2.10 bits per heavy atom. The number of anilines is 1. The van der Waals surface area contributed by atoms with E-state index < -0.39 is 0 Å². The molecule has 0 saturated carbocycles. The molecule has 2 aromatic carbocycles. The first-order valence-corrected chi connectivity index (χ1v) is 9.44. The summed E-state index contributed by atoms with van der Waals surface area (Å²) in [5, 5.41) is 9.18. The monoisotopic (exact) mass is 400 g/mol. The Labute approximate surface area is 174 Å². The van der Waals surface area contributed by atoms with Crippen LogP contribution in [0, 0.1) is 11.3 Å². The lowest BCUT2D eigenvalue weighted by Crippen LogP contribution is -2.31. The second kappa shape index (κ2) is 8.13. The van der Waals surface area contributed by atoms with Crippen LogP contribution in [0.5, 0.6) is 11.5 Å². The van der Waals surface area contributed by atoms with Gasteiger partial charge in [0.1, 0.15) is 30.0 Å². The SMILES string of the molecule is COc1cccc(CN2CCOc3cc(-c4cnc(N)c(C#N)c4)ccc3C2=O)c1. The van der Waals surface area contributed by atoms with Crippen LogP contribution in [0.25, 0.3) is 11.1 Å². The quantitative estimate of drug-likeness (QED) is 0.721. The topological polar surface area (TPSA) is 101 Å². The van der Waals surface area contributed by atoms with E-state index in [4.69, 9.17) is 15.2 Å². The number of amides is 1. The molecule has 2 N–H and O–H groups in total. The number of nitrogen functional groups attached to an aromatic ring is 1. The normalized spacial score (nSPS) is 13.1. The highest BCUT2D eigenvalue weighted by molar-refractivity contribution is 5.98. The first kappa shape index (κ1) is 19.3. The molecule has 0 radical (unpaired) electrons. The molecular formula is C23H20N4O3. The van der Waals surface area contributed by atoms with E-state index in [0.29, 0.717) is 36.6 Å². The Kier molecular flexibility index (Phi) is 5.22. The molecule has 0 spiro atoms. The van der Waals surface area contributed by atoms with Gasteiger partial charge >= 0.3 is 0 Å². The molecule has 1 amide bonds. The molecule has 0 atom stereocenters. The summed E-state index contributed by atoms with van der Waals surface area (Å²) in [6.45, 7) is 1.33. The number of benzene rings is 2. The molecule has 4 rings (SSSR count). The number of nitriles is 1. The molecule has 1 aliphatic heterocycles. The van der Waals surface area contributed by atoms with E-state index in [2.05, 4.69) is 4.98 Å². The van der Waals surface area contributed by atoms with Crippen LogP contribution < -0.4 is 15.2 Å². The number of aromatic nitrogens is 1. The van der Waals surface area contributed by atoms with E-state index in [-0.39, 0.29) is 11.7 Å². The molecular weight excluding hydrogens is 380 g/mol. The summed E-state index contributed by atoms with van der Waals surface area (Å²) >= 11 is 0. The number of rotatable bonds is 4. The zero-order valence-electron chi connectivity index (χ0n) is 16.5. The average molecular weight is 400 g/mol. The molecule has 0 fully saturated rings. The van der Waals surface area contributed by atoms with Crippen LogP contribution in [-0.2, 0) is 6.54 Å². The summed E-state index contributed by atoms with van der Waals surface area (Å²) in [7, 11) is 1.62. The van der Waals surface area contributed by atoms with Gasteiger partial charge in [0.25, 0.3) is 5.91 Å². The first-order valence-electron chi connectivity index (χ1n) is 9.44. The second-order valence-corrected chi connectivity index (χ2v) is 6.91. The Balaban J connectivity index is 1.62. The molecule has 3 aromatic rings. The van der Waals surface area contributed by atoms with Crippen molar-refractivity contribution in [2.45, 2.75) is 6.54 Å². The summed E-state index contributed by atoms with van der Waals surface area (Å²) in [5.74, 6) is 1.37. The van der Waals surface area contributed by atoms with Gasteiger partial charge < -0.3 is 20.1 Å². The van der Waals surface area contributed by atoms with Gasteiger partial charge in [0.2, 0.25) is 0 Å². The van der Waals surface area contributed by atoms with Gasteiger partial charge in [0, 0.05) is 18.3 Å². The number of nitrogens with zero attached hydrogens (tertiary/aromatic N) is 3. The van der Waals surface area contributed by atoms with E-state index in [1.54, 1.807) is 36.4 Å². The minimum Gasteiger partial charge on any atom is -0.497 e. The Morgan fingerprint density at radius 1 is 1.23 bits per heavy atom. The van der Waals surface area contributed by atoms with E-state index in [9.17, 15) is 10.1 Å². The largest absolute Gasteiger partial charge is 0.497 e. The molecule has 30 heavy (non-hydrogen) atoms. The number of hydrogen-bond acceptors (Lipinski definition) is 6. The van der Waals surface area contributed by atoms with Crippen molar-refractivity contribution in [1.29, 1.82) is 5.26 Å². The van der Waals surface area contributed by atoms with Crippen molar-refractivity contribution in [3.63, 3.8) is 0 Å². The van der Waals surface area contributed by atoms with Crippen LogP contribution in [-0.4, -0.2) is 36.1 Å². The van der Waals surface area contributed by atoms with Crippen molar-refractivity contribution in [2.75, 3.05) is 26.0 Å². The molecule has 0 saturated heterocycles. The lowest BCUT2D eigenvalue weighted by atomic mass is 10.0. The lowest BCUT2D eigenvalue weighted by molar-refractivity contribution is 0.0743. The summed E-state index contributed by atoms with van der Waals surface area (Å²) in [4.78, 5) is 19.0. The third kappa shape index (κ3) is 3.76. The molecule has 0 unspecified atom stereocenters. The van der Waals surface area contributed by atoms with E-state index >= 15 is 0 Å². The Morgan fingerprint density at radius 3 is 2.90 bits per heavy atom. The molecule has 1 aliphatic rings. The van der Waals surface area contributed by atoms with E-state index in [1.807, 2.05) is 36.4 Å². The summed E-state index contributed by atoms with van der Waals surface area (Å²) in [6, 6.07) is 16.7. The van der Waals surface area contributed by atoms with Gasteiger partial charge in [0.15, 0.2) is 0 Å². The molecule has 7 heteroatoms. The van der Waals surface area contributed by atoms with Gasteiger partial charge in [-0.25, -0.2) is 4.98 Å². The van der Waals surface area contributed by atoms with Crippen molar-refractivity contribution in [2.24, 2.45) is 0 Å². The number of nitrogens with two attached hydrogens (primary N) is 1. The van der Waals surface area contributed by atoms with Gasteiger partial charge in [-0.3, -0.25) is 4.79 Å². The van der Waals surface area contributed by atoms with E-state index in [1.165, 1.54) is 0 Å². The molecule has 2 heterocycles. The standard InChI is InChI=1S/C23H20N4O3/c1-29-19-4-2-3-15(9-19)14-27-7-8-30-21-11-16(5-6-20(21)23(27)28)18-10-17(12-24)22(25)26-13-18/h2-6,9-11,13H,7-8,14H2,1H3,(H2,25,26). The zero-order chi connectivity index (χ0) is 21.1. The number of hydrogen-bond donors (Lipinski definition) is 1. The minimum absolute atomic E-state index is 0.0926. The fourth-order valence-corrected chi connectivity index (χ4v) is 3.40. The van der Waals surface area contributed by atoms with Crippen molar-refractivity contribution in [1.82, 2.24) is 9.88 Å². The van der Waals surface area contributed by atoms with Gasteiger partial charge in [-0.2, -0.15) is 5.26 Å².